The first-order chi connectivity index (χ1) is 12.7. The molecule has 0 unspecified atom stereocenters. The summed E-state index contributed by atoms with van der Waals surface area (Å²) >= 11 is 0. The number of halogens is 1. The van der Waals surface area contributed by atoms with Crippen molar-refractivity contribution in [2.75, 3.05) is 6.61 Å². The van der Waals surface area contributed by atoms with Gasteiger partial charge in [0, 0.05) is 17.7 Å². The molecular weight excluding hydrogens is 337 g/mol. The Morgan fingerprint density at radius 3 is 2.88 bits per heavy atom. The van der Waals surface area contributed by atoms with Gasteiger partial charge in [0.1, 0.15) is 11.6 Å². The van der Waals surface area contributed by atoms with E-state index >= 15 is 0 Å². The second-order valence-corrected chi connectivity index (χ2v) is 6.12. The standard InChI is InChI=1S/C19H18FN3O3/c20-14-5-3-13(4-6-14)11-23-17-7-9-25-12-16(17)18(22-23)19(24)21-10-15-2-1-8-26-15/h1-6,8H,7,9-12H2,(H,21,24). The van der Waals surface area contributed by atoms with E-state index in [2.05, 4.69) is 10.4 Å². The highest BCUT2D eigenvalue weighted by atomic mass is 19.1. The number of hydrogen-bond donors (Lipinski definition) is 1. The number of ether oxygens (including phenoxy) is 1. The molecule has 0 atom stereocenters. The normalized spacial score (nSPS) is 13.4. The van der Waals surface area contributed by atoms with E-state index in [4.69, 9.17) is 9.15 Å². The smallest absolute Gasteiger partial charge is 0.272 e. The summed E-state index contributed by atoms with van der Waals surface area (Å²) in [5.41, 5.74) is 3.10. The predicted octanol–water partition coefficient (Wildman–Crippen LogP) is 2.67. The molecule has 0 radical (unpaired) electrons. The molecule has 0 bridgehead atoms. The van der Waals surface area contributed by atoms with Crippen LogP contribution < -0.4 is 5.32 Å². The van der Waals surface area contributed by atoms with Crippen LogP contribution in [-0.2, 0) is 30.9 Å². The van der Waals surface area contributed by atoms with Crippen LogP contribution in [0.2, 0.25) is 0 Å². The van der Waals surface area contributed by atoms with Gasteiger partial charge in [-0.05, 0) is 29.8 Å². The molecule has 0 fully saturated rings. The Hall–Kier alpha value is -2.93. The van der Waals surface area contributed by atoms with Crippen molar-refractivity contribution in [3.05, 3.63) is 76.8 Å². The zero-order valence-corrected chi connectivity index (χ0v) is 14.1. The Morgan fingerprint density at radius 2 is 2.12 bits per heavy atom. The molecule has 1 aliphatic rings. The summed E-state index contributed by atoms with van der Waals surface area (Å²) in [5, 5.41) is 7.33. The fourth-order valence-electron chi connectivity index (χ4n) is 3.05. The van der Waals surface area contributed by atoms with Crippen LogP contribution in [0, 0.1) is 5.82 Å². The lowest BCUT2D eigenvalue weighted by Crippen LogP contribution is -2.25. The number of amides is 1. The van der Waals surface area contributed by atoms with Crippen LogP contribution in [0.5, 0.6) is 0 Å². The minimum Gasteiger partial charge on any atom is -0.467 e. The highest BCUT2D eigenvalue weighted by Gasteiger charge is 2.25. The number of hydrogen-bond acceptors (Lipinski definition) is 4. The van der Waals surface area contributed by atoms with Crippen LogP contribution in [0.4, 0.5) is 4.39 Å². The van der Waals surface area contributed by atoms with E-state index in [1.807, 2.05) is 4.68 Å². The van der Waals surface area contributed by atoms with E-state index in [0.29, 0.717) is 44.2 Å². The third-order valence-corrected chi connectivity index (χ3v) is 4.36. The third kappa shape index (κ3) is 3.39. The van der Waals surface area contributed by atoms with Gasteiger partial charge >= 0.3 is 0 Å². The van der Waals surface area contributed by atoms with E-state index < -0.39 is 0 Å². The maximum atomic E-state index is 13.1. The van der Waals surface area contributed by atoms with E-state index in [0.717, 1.165) is 16.8 Å². The zero-order valence-electron chi connectivity index (χ0n) is 14.1. The van der Waals surface area contributed by atoms with Gasteiger partial charge in [0.15, 0.2) is 5.69 Å². The number of nitrogens with one attached hydrogen (secondary N) is 1. The molecule has 0 aliphatic carbocycles. The summed E-state index contributed by atoms with van der Waals surface area (Å²) in [6.45, 7) is 1.73. The number of carbonyl (C=O) groups is 1. The van der Waals surface area contributed by atoms with Crippen LogP contribution in [0.25, 0.3) is 0 Å². The minimum atomic E-state index is -0.275. The Kier molecular flexibility index (Phi) is 4.53. The zero-order chi connectivity index (χ0) is 17.9. The SMILES string of the molecule is O=C(NCc1ccco1)c1nn(Cc2ccc(F)cc2)c2c1COCC2. The lowest BCUT2D eigenvalue weighted by atomic mass is 10.1. The van der Waals surface area contributed by atoms with Crippen molar-refractivity contribution in [3.63, 3.8) is 0 Å². The van der Waals surface area contributed by atoms with E-state index in [-0.39, 0.29) is 11.7 Å². The van der Waals surface area contributed by atoms with Gasteiger partial charge in [-0.1, -0.05) is 12.1 Å². The van der Waals surface area contributed by atoms with Crippen LogP contribution >= 0.6 is 0 Å². The number of rotatable bonds is 5. The van der Waals surface area contributed by atoms with Crippen LogP contribution in [0.15, 0.2) is 47.1 Å². The van der Waals surface area contributed by atoms with Gasteiger partial charge in [-0.25, -0.2) is 4.39 Å². The van der Waals surface area contributed by atoms with Gasteiger partial charge in [-0.3, -0.25) is 9.48 Å². The van der Waals surface area contributed by atoms with Gasteiger partial charge in [-0.15, -0.1) is 0 Å². The van der Waals surface area contributed by atoms with E-state index in [1.54, 1.807) is 30.5 Å². The van der Waals surface area contributed by atoms with Crippen molar-refractivity contribution in [1.29, 1.82) is 0 Å². The summed E-state index contributed by atoms with van der Waals surface area (Å²) < 4.78 is 25.7. The lowest BCUT2D eigenvalue weighted by Gasteiger charge is -2.15. The molecule has 1 aliphatic heterocycles. The quantitative estimate of drug-likeness (QED) is 0.764. The van der Waals surface area contributed by atoms with Crippen molar-refractivity contribution in [1.82, 2.24) is 15.1 Å². The van der Waals surface area contributed by atoms with Crippen LogP contribution in [-0.4, -0.2) is 22.3 Å². The van der Waals surface area contributed by atoms with Crippen molar-refractivity contribution in [2.45, 2.75) is 26.1 Å². The first-order valence-electron chi connectivity index (χ1n) is 8.42. The number of furan rings is 1. The number of carbonyl (C=O) groups excluding carboxylic acids is 1. The molecule has 4 rings (SSSR count). The second kappa shape index (κ2) is 7.13. The molecule has 0 saturated carbocycles. The Bertz CT molecular complexity index is 901. The number of benzene rings is 1. The van der Waals surface area contributed by atoms with Crippen molar-refractivity contribution < 1.29 is 18.3 Å². The lowest BCUT2D eigenvalue weighted by molar-refractivity contribution is 0.0920. The summed E-state index contributed by atoms with van der Waals surface area (Å²) in [6, 6.07) is 9.86. The Balaban J connectivity index is 1.57. The van der Waals surface area contributed by atoms with Gasteiger partial charge in [0.25, 0.3) is 5.91 Å². The molecule has 3 heterocycles. The molecule has 0 spiro atoms. The molecule has 26 heavy (non-hydrogen) atoms. The summed E-state index contributed by atoms with van der Waals surface area (Å²) in [7, 11) is 0. The van der Waals surface area contributed by atoms with Gasteiger partial charge in [0.05, 0.1) is 32.6 Å². The highest BCUT2D eigenvalue weighted by molar-refractivity contribution is 5.94. The molecule has 7 heteroatoms. The number of nitrogens with zero attached hydrogens (tertiary/aromatic N) is 2. The van der Waals surface area contributed by atoms with Gasteiger partial charge < -0.3 is 14.5 Å². The van der Waals surface area contributed by atoms with Gasteiger partial charge in [-0.2, -0.15) is 5.10 Å². The molecule has 1 amide bonds. The molecular formula is C19H18FN3O3. The van der Waals surface area contributed by atoms with E-state index in [9.17, 15) is 9.18 Å². The maximum Gasteiger partial charge on any atom is 0.272 e. The molecule has 3 aromatic rings. The summed E-state index contributed by atoms with van der Waals surface area (Å²) in [4.78, 5) is 12.6. The summed E-state index contributed by atoms with van der Waals surface area (Å²) in [5.74, 6) is 0.137. The molecule has 134 valence electrons. The third-order valence-electron chi connectivity index (χ3n) is 4.36. The van der Waals surface area contributed by atoms with E-state index in [1.165, 1.54) is 12.1 Å². The molecule has 2 aromatic heterocycles. The fraction of sp³-hybridized carbons (Fsp3) is 0.263. The first kappa shape index (κ1) is 16.5. The minimum absolute atomic E-state index is 0.263. The number of aromatic nitrogens is 2. The highest BCUT2D eigenvalue weighted by Crippen LogP contribution is 2.22. The average molecular weight is 355 g/mol. The molecule has 6 nitrogen and oxygen atoms in total. The fourth-order valence-corrected chi connectivity index (χ4v) is 3.05. The molecule has 1 aromatic carbocycles. The second-order valence-electron chi connectivity index (χ2n) is 6.12. The summed E-state index contributed by atoms with van der Waals surface area (Å²) in [6.07, 6.45) is 2.25. The Morgan fingerprint density at radius 1 is 1.27 bits per heavy atom. The van der Waals surface area contributed by atoms with Crippen molar-refractivity contribution in [2.24, 2.45) is 0 Å². The monoisotopic (exact) mass is 355 g/mol. The average Bonchev–Trinajstić information content (AvgIpc) is 3.30. The van der Waals surface area contributed by atoms with Gasteiger partial charge in [0.2, 0.25) is 0 Å². The van der Waals surface area contributed by atoms with Crippen LogP contribution in [0.3, 0.4) is 0 Å². The Labute approximate surface area is 149 Å². The maximum absolute atomic E-state index is 13.1. The van der Waals surface area contributed by atoms with Crippen molar-refractivity contribution in [3.8, 4) is 0 Å². The van der Waals surface area contributed by atoms with Crippen molar-refractivity contribution >= 4 is 5.91 Å². The first-order valence-corrected chi connectivity index (χ1v) is 8.42. The molecule has 1 N–H and O–H groups in total. The van der Waals surface area contributed by atoms with Crippen LogP contribution in [0.1, 0.15) is 33.1 Å². The topological polar surface area (TPSA) is 69.3 Å². The predicted molar refractivity (Wildman–Crippen MR) is 91.0 cm³/mol. The largest absolute Gasteiger partial charge is 0.467 e. The molecule has 0 saturated heterocycles. The number of fused-ring (bicyclic) bond motifs is 1.